The Balaban J connectivity index is 1.60. The van der Waals surface area contributed by atoms with Crippen molar-refractivity contribution in [3.8, 4) is 22.8 Å². The first kappa shape index (κ1) is 18.9. The van der Waals surface area contributed by atoms with Crippen LogP contribution in [0.3, 0.4) is 0 Å². The van der Waals surface area contributed by atoms with Crippen LogP contribution in [0.5, 0.6) is 0 Å². The van der Waals surface area contributed by atoms with Crippen LogP contribution in [0.2, 0.25) is 0 Å². The molecule has 5 aromatic carbocycles. The molecule has 2 heterocycles. The maximum absolute atomic E-state index is 5.14. The lowest BCUT2D eigenvalue weighted by Gasteiger charge is -2.15. The highest BCUT2D eigenvalue weighted by molar-refractivity contribution is 6.09. The number of nitrogens with zero attached hydrogens (tertiary/aromatic N) is 3. The lowest BCUT2D eigenvalue weighted by atomic mass is 10.1. The third kappa shape index (κ3) is 2.74. The van der Waals surface area contributed by atoms with Gasteiger partial charge < -0.3 is 4.57 Å². The van der Waals surface area contributed by atoms with E-state index in [0.29, 0.717) is 0 Å². The number of para-hydroxylation sites is 6. The Morgan fingerprint density at radius 2 is 1.00 bits per heavy atom. The van der Waals surface area contributed by atoms with E-state index in [-0.39, 0.29) is 0 Å². The highest BCUT2D eigenvalue weighted by Crippen LogP contribution is 2.37. The fraction of sp³-hybridized carbons (Fsp3) is 0. The molecule has 0 N–H and O–H groups in total. The number of fused-ring (bicyclic) bond motifs is 4. The van der Waals surface area contributed by atoms with Gasteiger partial charge in [0.05, 0.1) is 27.8 Å². The van der Waals surface area contributed by atoms with E-state index in [1.165, 1.54) is 21.8 Å². The number of benzene rings is 5. The molecule has 0 saturated heterocycles. The summed E-state index contributed by atoms with van der Waals surface area (Å²) in [5.74, 6) is 0.935. The zero-order chi connectivity index (χ0) is 22.5. The van der Waals surface area contributed by atoms with E-state index >= 15 is 0 Å². The summed E-state index contributed by atoms with van der Waals surface area (Å²) < 4.78 is 4.64. The SMILES string of the molecule is c1ccc(-n2c(-c3ccccc3-n3c4ccccc4c4ccccc43)nc3ccccc32)cc1. The van der Waals surface area contributed by atoms with Gasteiger partial charge in [0.15, 0.2) is 0 Å². The molecule has 0 bridgehead atoms. The average Bonchev–Trinajstić information content (AvgIpc) is 3.45. The van der Waals surface area contributed by atoms with E-state index in [0.717, 1.165) is 33.8 Å². The fourth-order valence-corrected chi connectivity index (χ4v) is 5.08. The molecule has 0 atom stereocenters. The van der Waals surface area contributed by atoms with Crippen molar-refractivity contribution in [1.29, 1.82) is 0 Å². The Morgan fingerprint density at radius 1 is 0.441 bits per heavy atom. The van der Waals surface area contributed by atoms with Crippen molar-refractivity contribution in [1.82, 2.24) is 14.1 Å². The molecular formula is C31H21N3. The van der Waals surface area contributed by atoms with Crippen LogP contribution in [0.4, 0.5) is 0 Å². The van der Waals surface area contributed by atoms with Crippen LogP contribution < -0.4 is 0 Å². The Labute approximate surface area is 197 Å². The molecule has 7 aromatic rings. The van der Waals surface area contributed by atoms with Crippen LogP contribution >= 0.6 is 0 Å². The summed E-state index contributed by atoms with van der Waals surface area (Å²) >= 11 is 0. The monoisotopic (exact) mass is 435 g/mol. The van der Waals surface area contributed by atoms with E-state index in [1.54, 1.807) is 0 Å². The van der Waals surface area contributed by atoms with E-state index in [2.05, 4.69) is 124 Å². The molecule has 0 aliphatic rings. The standard InChI is InChI=1S/C31H21N3/c1-2-12-22(13-3-1)33-30-21-11-7-17-26(30)32-31(33)25-16-6-10-20-29(25)34-27-18-8-4-14-23(27)24-15-5-9-19-28(24)34/h1-21H. The minimum absolute atomic E-state index is 0.935. The fourth-order valence-electron chi connectivity index (χ4n) is 5.08. The predicted octanol–water partition coefficient (Wildman–Crippen LogP) is 7.79. The van der Waals surface area contributed by atoms with Gasteiger partial charge in [-0.25, -0.2) is 4.98 Å². The quantitative estimate of drug-likeness (QED) is 0.278. The normalized spacial score (nSPS) is 11.5. The molecule has 0 aliphatic heterocycles. The largest absolute Gasteiger partial charge is 0.309 e. The molecule has 34 heavy (non-hydrogen) atoms. The summed E-state index contributed by atoms with van der Waals surface area (Å²) in [5.41, 5.74) is 7.78. The predicted molar refractivity (Wildman–Crippen MR) is 141 cm³/mol. The first-order chi connectivity index (χ1) is 16.9. The Bertz CT molecular complexity index is 1750. The van der Waals surface area contributed by atoms with Crippen molar-refractivity contribution in [2.75, 3.05) is 0 Å². The molecule has 7 rings (SSSR count). The lowest BCUT2D eigenvalue weighted by Crippen LogP contribution is -2.02. The molecule has 0 fully saturated rings. The number of imidazole rings is 1. The molecule has 160 valence electrons. The number of hydrogen-bond acceptors (Lipinski definition) is 1. The van der Waals surface area contributed by atoms with Gasteiger partial charge in [-0.2, -0.15) is 0 Å². The van der Waals surface area contributed by atoms with E-state index in [1.807, 2.05) is 12.1 Å². The van der Waals surface area contributed by atoms with Gasteiger partial charge in [0.2, 0.25) is 0 Å². The maximum atomic E-state index is 5.14. The van der Waals surface area contributed by atoms with Crippen molar-refractivity contribution in [3.63, 3.8) is 0 Å². The van der Waals surface area contributed by atoms with E-state index in [9.17, 15) is 0 Å². The zero-order valence-corrected chi connectivity index (χ0v) is 18.5. The zero-order valence-electron chi connectivity index (χ0n) is 18.5. The Morgan fingerprint density at radius 3 is 1.74 bits per heavy atom. The van der Waals surface area contributed by atoms with Gasteiger partial charge in [-0.1, -0.05) is 78.9 Å². The van der Waals surface area contributed by atoms with E-state index < -0.39 is 0 Å². The summed E-state index contributed by atoms with van der Waals surface area (Å²) in [6.45, 7) is 0. The maximum Gasteiger partial charge on any atom is 0.147 e. The van der Waals surface area contributed by atoms with Crippen molar-refractivity contribution in [2.24, 2.45) is 0 Å². The highest BCUT2D eigenvalue weighted by atomic mass is 15.1. The molecular weight excluding hydrogens is 414 g/mol. The minimum Gasteiger partial charge on any atom is -0.309 e. The summed E-state index contributed by atoms with van der Waals surface area (Å²) in [4.78, 5) is 5.14. The molecule has 2 aromatic heterocycles. The summed E-state index contributed by atoms with van der Waals surface area (Å²) in [7, 11) is 0. The Hall–Kier alpha value is -4.63. The summed E-state index contributed by atoms with van der Waals surface area (Å²) in [6, 6.07) is 44.7. The second-order valence-corrected chi connectivity index (χ2v) is 8.48. The number of rotatable bonds is 3. The van der Waals surface area contributed by atoms with Crippen molar-refractivity contribution >= 4 is 32.8 Å². The van der Waals surface area contributed by atoms with Gasteiger partial charge in [-0.05, 0) is 48.5 Å². The second kappa shape index (κ2) is 7.46. The molecule has 0 amide bonds. The smallest absolute Gasteiger partial charge is 0.147 e. The van der Waals surface area contributed by atoms with Crippen LogP contribution in [0, 0.1) is 0 Å². The summed E-state index contributed by atoms with van der Waals surface area (Å²) in [5, 5.41) is 2.51. The molecule has 3 heteroatoms. The highest BCUT2D eigenvalue weighted by Gasteiger charge is 2.20. The van der Waals surface area contributed by atoms with Crippen molar-refractivity contribution in [3.05, 3.63) is 127 Å². The molecule has 0 unspecified atom stereocenters. The van der Waals surface area contributed by atoms with Gasteiger partial charge in [0.1, 0.15) is 5.82 Å². The molecule has 0 spiro atoms. The van der Waals surface area contributed by atoms with Crippen LogP contribution in [0.1, 0.15) is 0 Å². The van der Waals surface area contributed by atoms with Crippen LogP contribution in [0.25, 0.3) is 55.6 Å². The lowest BCUT2D eigenvalue weighted by molar-refractivity contribution is 1.09. The van der Waals surface area contributed by atoms with Crippen molar-refractivity contribution in [2.45, 2.75) is 0 Å². The van der Waals surface area contributed by atoms with Gasteiger partial charge in [-0.3, -0.25) is 4.57 Å². The van der Waals surface area contributed by atoms with Crippen LogP contribution in [-0.4, -0.2) is 14.1 Å². The third-order valence-electron chi connectivity index (χ3n) is 6.54. The van der Waals surface area contributed by atoms with Crippen molar-refractivity contribution < 1.29 is 0 Å². The second-order valence-electron chi connectivity index (χ2n) is 8.48. The first-order valence-electron chi connectivity index (χ1n) is 11.5. The molecule has 3 nitrogen and oxygen atoms in total. The Kier molecular flexibility index (Phi) is 4.15. The van der Waals surface area contributed by atoms with E-state index in [4.69, 9.17) is 4.98 Å². The van der Waals surface area contributed by atoms with Gasteiger partial charge in [0.25, 0.3) is 0 Å². The topological polar surface area (TPSA) is 22.8 Å². The van der Waals surface area contributed by atoms with Gasteiger partial charge in [-0.15, -0.1) is 0 Å². The van der Waals surface area contributed by atoms with Crippen LogP contribution in [0.15, 0.2) is 127 Å². The number of aromatic nitrogens is 3. The molecule has 0 aliphatic carbocycles. The van der Waals surface area contributed by atoms with Gasteiger partial charge in [0, 0.05) is 22.0 Å². The van der Waals surface area contributed by atoms with Crippen LogP contribution in [-0.2, 0) is 0 Å². The summed E-state index contributed by atoms with van der Waals surface area (Å²) in [6.07, 6.45) is 0. The first-order valence-corrected chi connectivity index (χ1v) is 11.5. The van der Waals surface area contributed by atoms with Gasteiger partial charge >= 0.3 is 0 Å². The molecule has 0 radical (unpaired) electrons. The number of hydrogen-bond donors (Lipinski definition) is 0. The molecule has 0 saturated carbocycles. The third-order valence-corrected chi connectivity index (χ3v) is 6.54. The average molecular weight is 436 g/mol. The minimum atomic E-state index is 0.935.